The first-order chi connectivity index (χ1) is 6.35. The second-order valence-electron chi connectivity index (χ2n) is 2.53. The molecule has 2 aromatic rings. The number of hydrogen-bond donors (Lipinski definition) is 0. The minimum Gasteiger partial charge on any atom is -0.493 e. The molecule has 13 heavy (non-hydrogen) atoms. The third-order valence-corrected chi connectivity index (χ3v) is 2.63. The smallest absolute Gasteiger partial charge is 0.162 e. The van der Waals surface area contributed by atoms with Gasteiger partial charge in [-0.25, -0.2) is 4.98 Å². The van der Waals surface area contributed by atoms with Crippen LogP contribution in [-0.4, -0.2) is 19.2 Å². The van der Waals surface area contributed by atoms with Gasteiger partial charge in [-0.1, -0.05) is 0 Å². The summed E-state index contributed by atoms with van der Waals surface area (Å²) in [6, 6.07) is 3.82. The summed E-state index contributed by atoms with van der Waals surface area (Å²) >= 11 is 1.59. The fraction of sp³-hybridized carbons (Fsp3) is 0.222. The number of benzene rings is 1. The molecule has 2 rings (SSSR count). The van der Waals surface area contributed by atoms with Crippen molar-refractivity contribution >= 4 is 21.6 Å². The van der Waals surface area contributed by atoms with Crippen molar-refractivity contribution in [1.29, 1.82) is 0 Å². The van der Waals surface area contributed by atoms with Crippen molar-refractivity contribution in [2.45, 2.75) is 0 Å². The Balaban J connectivity index is 2.67. The molecule has 0 atom stereocenters. The van der Waals surface area contributed by atoms with Crippen LogP contribution in [-0.2, 0) is 0 Å². The lowest BCUT2D eigenvalue weighted by molar-refractivity contribution is 0.356. The second kappa shape index (κ2) is 3.22. The van der Waals surface area contributed by atoms with Crippen LogP contribution in [0.15, 0.2) is 17.6 Å². The van der Waals surface area contributed by atoms with E-state index in [9.17, 15) is 0 Å². The highest BCUT2D eigenvalue weighted by atomic mass is 32.1. The molecule has 0 radical (unpaired) electrons. The molecule has 0 amide bonds. The highest BCUT2D eigenvalue weighted by Gasteiger charge is 2.06. The molecule has 1 heterocycles. The first-order valence-electron chi connectivity index (χ1n) is 3.80. The van der Waals surface area contributed by atoms with E-state index in [1.807, 2.05) is 17.6 Å². The molecule has 0 aliphatic carbocycles. The summed E-state index contributed by atoms with van der Waals surface area (Å²) in [5.41, 5.74) is 2.76. The monoisotopic (exact) mass is 195 g/mol. The van der Waals surface area contributed by atoms with Crippen LogP contribution < -0.4 is 9.47 Å². The zero-order valence-corrected chi connectivity index (χ0v) is 8.22. The third kappa shape index (κ3) is 1.33. The summed E-state index contributed by atoms with van der Waals surface area (Å²) in [7, 11) is 3.25. The van der Waals surface area contributed by atoms with E-state index in [2.05, 4.69) is 4.98 Å². The zero-order valence-electron chi connectivity index (χ0n) is 7.40. The molecule has 1 aromatic heterocycles. The number of methoxy groups -OCH3 is 2. The van der Waals surface area contributed by atoms with Crippen molar-refractivity contribution in [2.75, 3.05) is 14.2 Å². The first kappa shape index (κ1) is 8.31. The van der Waals surface area contributed by atoms with Gasteiger partial charge in [0.15, 0.2) is 11.5 Å². The zero-order chi connectivity index (χ0) is 9.26. The standard InChI is InChI=1S/C9H9NO2S/c1-11-7-3-6-9(13-5-10-6)4-8(7)12-2/h3-5H,1-2H3. The van der Waals surface area contributed by atoms with E-state index < -0.39 is 0 Å². The van der Waals surface area contributed by atoms with Crippen molar-refractivity contribution in [1.82, 2.24) is 4.98 Å². The van der Waals surface area contributed by atoms with Gasteiger partial charge in [0.05, 0.1) is 29.9 Å². The van der Waals surface area contributed by atoms with Crippen molar-refractivity contribution in [2.24, 2.45) is 0 Å². The topological polar surface area (TPSA) is 31.4 Å². The van der Waals surface area contributed by atoms with Gasteiger partial charge in [0.2, 0.25) is 0 Å². The lowest BCUT2D eigenvalue weighted by Crippen LogP contribution is -1.89. The molecule has 0 saturated carbocycles. The highest BCUT2D eigenvalue weighted by Crippen LogP contribution is 2.32. The summed E-state index contributed by atoms with van der Waals surface area (Å²) < 4.78 is 11.4. The van der Waals surface area contributed by atoms with E-state index in [1.54, 1.807) is 25.6 Å². The Morgan fingerprint density at radius 1 is 1.15 bits per heavy atom. The summed E-state index contributed by atoms with van der Waals surface area (Å²) in [4.78, 5) is 4.19. The average molecular weight is 195 g/mol. The maximum Gasteiger partial charge on any atom is 0.162 e. The molecule has 0 spiro atoms. The number of ether oxygens (including phenoxy) is 2. The van der Waals surface area contributed by atoms with Crippen LogP contribution in [0.1, 0.15) is 0 Å². The second-order valence-corrected chi connectivity index (χ2v) is 3.41. The van der Waals surface area contributed by atoms with Gasteiger partial charge in [0.1, 0.15) is 0 Å². The number of rotatable bonds is 2. The Morgan fingerprint density at radius 3 is 2.54 bits per heavy atom. The van der Waals surface area contributed by atoms with E-state index >= 15 is 0 Å². The fourth-order valence-electron chi connectivity index (χ4n) is 1.18. The van der Waals surface area contributed by atoms with Gasteiger partial charge in [-0.2, -0.15) is 0 Å². The molecule has 0 aliphatic rings. The van der Waals surface area contributed by atoms with Crippen LogP contribution in [0.5, 0.6) is 11.5 Å². The molecule has 1 aromatic carbocycles. The van der Waals surface area contributed by atoms with E-state index in [0.29, 0.717) is 0 Å². The van der Waals surface area contributed by atoms with E-state index in [0.717, 1.165) is 21.7 Å². The summed E-state index contributed by atoms with van der Waals surface area (Å²) in [6.45, 7) is 0. The Hall–Kier alpha value is -1.29. The summed E-state index contributed by atoms with van der Waals surface area (Å²) in [5.74, 6) is 1.47. The van der Waals surface area contributed by atoms with E-state index in [1.165, 1.54) is 0 Å². The predicted octanol–water partition coefficient (Wildman–Crippen LogP) is 2.31. The Labute approximate surface area is 79.9 Å². The minimum atomic E-state index is 0.723. The fourth-order valence-corrected chi connectivity index (χ4v) is 1.87. The molecular formula is C9H9NO2S. The van der Waals surface area contributed by atoms with Gasteiger partial charge in [-0.3, -0.25) is 0 Å². The van der Waals surface area contributed by atoms with Crippen molar-refractivity contribution in [3.63, 3.8) is 0 Å². The lowest BCUT2D eigenvalue weighted by atomic mass is 10.3. The quantitative estimate of drug-likeness (QED) is 0.736. The lowest BCUT2D eigenvalue weighted by Gasteiger charge is -2.05. The molecule has 0 unspecified atom stereocenters. The highest BCUT2D eigenvalue weighted by molar-refractivity contribution is 7.16. The van der Waals surface area contributed by atoms with Crippen molar-refractivity contribution < 1.29 is 9.47 Å². The number of aromatic nitrogens is 1. The van der Waals surface area contributed by atoms with Crippen LogP contribution in [0, 0.1) is 0 Å². The van der Waals surface area contributed by atoms with Crippen molar-refractivity contribution in [3.05, 3.63) is 17.6 Å². The van der Waals surface area contributed by atoms with Crippen LogP contribution in [0.25, 0.3) is 10.2 Å². The molecule has 4 heteroatoms. The van der Waals surface area contributed by atoms with Crippen LogP contribution in [0.2, 0.25) is 0 Å². The molecule has 0 aliphatic heterocycles. The maximum absolute atomic E-state index is 5.17. The Kier molecular flexibility index (Phi) is 2.06. The predicted molar refractivity (Wildman–Crippen MR) is 52.7 cm³/mol. The Bertz CT molecular complexity index is 386. The Morgan fingerprint density at radius 2 is 1.85 bits per heavy atom. The van der Waals surface area contributed by atoms with E-state index in [4.69, 9.17) is 9.47 Å². The van der Waals surface area contributed by atoms with E-state index in [-0.39, 0.29) is 0 Å². The number of nitrogens with zero attached hydrogens (tertiary/aromatic N) is 1. The molecule has 0 bridgehead atoms. The minimum absolute atomic E-state index is 0.723. The first-order valence-corrected chi connectivity index (χ1v) is 4.68. The number of hydrogen-bond acceptors (Lipinski definition) is 4. The number of fused-ring (bicyclic) bond motifs is 1. The molecule has 3 nitrogen and oxygen atoms in total. The molecule has 0 N–H and O–H groups in total. The maximum atomic E-state index is 5.17. The summed E-state index contributed by atoms with van der Waals surface area (Å²) in [5, 5.41) is 0. The normalized spacial score (nSPS) is 10.3. The molecule has 0 fully saturated rings. The molecular weight excluding hydrogens is 186 g/mol. The van der Waals surface area contributed by atoms with Gasteiger partial charge < -0.3 is 9.47 Å². The molecule has 0 saturated heterocycles. The average Bonchev–Trinajstić information content (AvgIpc) is 2.62. The van der Waals surface area contributed by atoms with Gasteiger partial charge in [-0.15, -0.1) is 11.3 Å². The van der Waals surface area contributed by atoms with Crippen LogP contribution in [0.3, 0.4) is 0 Å². The summed E-state index contributed by atoms with van der Waals surface area (Å²) in [6.07, 6.45) is 0. The SMILES string of the molecule is COc1cc2ncsc2cc1OC. The van der Waals surface area contributed by atoms with Gasteiger partial charge in [-0.05, 0) is 0 Å². The van der Waals surface area contributed by atoms with Crippen LogP contribution in [0.4, 0.5) is 0 Å². The van der Waals surface area contributed by atoms with Crippen molar-refractivity contribution in [3.8, 4) is 11.5 Å². The van der Waals surface area contributed by atoms with Gasteiger partial charge in [0.25, 0.3) is 0 Å². The largest absolute Gasteiger partial charge is 0.493 e. The number of thiazole rings is 1. The molecule has 68 valence electrons. The van der Waals surface area contributed by atoms with Gasteiger partial charge in [0, 0.05) is 12.1 Å². The van der Waals surface area contributed by atoms with Gasteiger partial charge >= 0.3 is 0 Å². The van der Waals surface area contributed by atoms with Crippen LogP contribution >= 0.6 is 11.3 Å². The third-order valence-electron chi connectivity index (χ3n) is 1.84.